The van der Waals surface area contributed by atoms with Gasteiger partial charge in [-0.15, -0.1) is 0 Å². The molecule has 6 heteroatoms. The fraction of sp³-hybridized carbons (Fsp3) is 0.333. The zero-order valence-corrected chi connectivity index (χ0v) is 13.0. The van der Waals surface area contributed by atoms with Crippen LogP contribution in [0.5, 0.6) is 0 Å². The Morgan fingerprint density at radius 3 is 3.00 bits per heavy atom. The summed E-state index contributed by atoms with van der Waals surface area (Å²) in [7, 11) is 0. The number of rotatable bonds is 4. The van der Waals surface area contributed by atoms with Crippen LogP contribution in [0.3, 0.4) is 0 Å². The molecule has 0 spiro atoms. The third-order valence-electron chi connectivity index (χ3n) is 2.30. The molecule has 1 aromatic heterocycles. The van der Waals surface area contributed by atoms with Crippen molar-refractivity contribution < 1.29 is 31.1 Å². The highest BCUT2D eigenvalue weighted by Crippen LogP contribution is 2.20. The van der Waals surface area contributed by atoms with Gasteiger partial charge in [0.05, 0.1) is 6.61 Å². The molecule has 0 radical (unpaired) electrons. The summed E-state index contributed by atoms with van der Waals surface area (Å²) in [6, 6.07) is 5.64. The van der Waals surface area contributed by atoms with Gasteiger partial charge in [-0.05, 0) is 18.6 Å². The molecule has 0 aliphatic carbocycles. The van der Waals surface area contributed by atoms with Gasteiger partial charge in [0.25, 0.3) is 0 Å². The predicted octanol–water partition coefficient (Wildman–Crippen LogP) is -0.201. The van der Waals surface area contributed by atoms with E-state index in [4.69, 9.17) is 16.3 Å². The topological polar surface area (TPSA) is 30.2 Å². The van der Waals surface area contributed by atoms with Crippen LogP contribution >= 0.6 is 22.9 Å². The molecule has 1 aromatic carbocycles. The first-order valence-electron chi connectivity index (χ1n) is 5.42. The molecule has 0 saturated heterocycles. The van der Waals surface area contributed by atoms with E-state index in [1.807, 2.05) is 35.2 Å². The first-order valence-corrected chi connectivity index (χ1v) is 6.68. The highest BCUT2D eigenvalue weighted by molar-refractivity contribution is 7.16. The van der Waals surface area contributed by atoms with Crippen molar-refractivity contribution in [1.82, 2.24) is 0 Å². The largest absolute Gasteiger partial charge is 1.00 e. The van der Waals surface area contributed by atoms with Crippen molar-refractivity contribution in [2.24, 2.45) is 0 Å². The summed E-state index contributed by atoms with van der Waals surface area (Å²) in [6.07, 6.45) is 0.844. The first kappa shape index (κ1) is 15.4. The molecule has 98 valence electrons. The summed E-state index contributed by atoms with van der Waals surface area (Å²) in [6.45, 7) is 2.71. The van der Waals surface area contributed by atoms with E-state index in [-0.39, 0.29) is 29.5 Å². The van der Waals surface area contributed by atoms with E-state index < -0.39 is 0 Å². The number of aromatic nitrogens is 1. The van der Waals surface area contributed by atoms with Crippen LogP contribution in [0.4, 0.5) is 0 Å². The second-order valence-electron chi connectivity index (χ2n) is 3.68. The molecular weight excluding hydrogens is 338 g/mol. The van der Waals surface area contributed by atoms with E-state index in [0.717, 1.165) is 16.6 Å². The van der Waals surface area contributed by atoms with E-state index in [2.05, 4.69) is 0 Å². The highest BCUT2D eigenvalue weighted by Gasteiger charge is 2.16. The molecule has 2 aromatic rings. The molecule has 0 amide bonds. The summed E-state index contributed by atoms with van der Waals surface area (Å²) in [5, 5.41) is 0.708. The van der Waals surface area contributed by atoms with E-state index in [1.165, 1.54) is 0 Å². The summed E-state index contributed by atoms with van der Waals surface area (Å²) >= 11 is 7.47. The molecule has 0 aliphatic heterocycles. The zero-order chi connectivity index (χ0) is 12.3. The number of hydrogen-bond acceptors (Lipinski definition) is 3. The Bertz CT molecular complexity index is 544. The zero-order valence-electron chi connectivity index (χ0n) is 9.86. The fourth-order valence-electron chi connectivity index (χ4n) is 1.52. The smallest absolute Gasteiger partial charge is 0.372 e. The molecule has 2 rings (SSSR count). The van der Waals surface area contributed by atoms with Crippen molar-refractivity contribution in [3.05, 3.63) is 28.7 Å². The third-order valence-corrected chi connectivity index (χ3v) is 3.48. The number of carbonyl (C=O) groups excluding carboxylic acids is 1. The number of esters is 1. The second-order valence-corrected chi connectivity index (χ2v) is 5.01. The van der Waals surface area contributed by atoms with Crippen molar-refractivity contribution in [2.45, 2.75) is 19.9 Å². The van der Waals surface area contributed by atoms with E-state index in [0.29, 0.717) is 11.6 Å². The molecule has 0 fully saturated rings. The molecule has 0 unspecified atom stereocenters. The lowest BCUT2D eigenvalue weighted by Gasteiger charge is -1.98. The number of hydrogen-bond donors (Lipinski definition) is 0. The van der Waals surface area contributed by atoms with Crippen LogP contribution < -0.4 is 21.5 Å². The van der Waals surface area contributed by atoms with Gasteiger partial charge in [-0.25, -0.2) is 4.79 Å². The van der Waals surface area contributed by atoms with Gasteiger partial charge in [0.2, 0.25) is 17.6 Å². The Kier molecular flexibility index (Phi) is 6.05. The van der Waals surface area contributed by atoms with Gasteiger partial charge in [-0.3, -0.25) is 0 Å². The molecule has 0 atom stereocenters. The minimum atomic E-state index is -0.202. The number of carbonyl (C=O) groups is 1. The van der Waals surface area contributed by atoms with Gasteiger partial charge in [0, 0.05) is 11.1 Å². The highest BCUT2D eigenvalue weighted by atomic mass is 79.9. The molecule has 1 heterocycles. The van der Waals surface area contributed by atoms with Crippen molar-refractivity contribution in [3.8, 4) is 0 Å². The lowest BCUT2D eigenvalue weighted by Crippen LogP contribution is -3.00. The maximum atomic E-state index is 11.5. The van der Waals surface area contributed by atoms with E-state index >= 15 is 0 Å². The second kappa shape index (κ2) is 7.07. The van der Waals surface area contributed by atoms with Gasteiger partial charge < -0.3 is 21.7 Å². The fourth-order valence-corrected chi connectivity index (χ4v) is 2.69. The number of nitrogens with zero attached hydrogens (tertiary/aromatic N) is 1. The quantitative estimate of drug-likeness (QED) is 0.565. The summed E-state index contributed by atoms with van der Waals surface area (Å²) < 4.78 is 8.01. The SMILES string of the molecule is CCCOC(=O)C[n+]1csc2cc(Cl)ccc21.[Br-]. The standard InChI is InChI=1S/C12H13ClNO2S.BrH/c1-2-5-16-12(15)7-14-8-17-11-6-9(13)3-4-10(11)14;/h3-4,6,8H,2,5,7H2,1H3;1H/q+1;/p-1. The molecule has 3 nitrogen and oxygen atoms in total. The Labute approximate surface area is 125 Å². The van der Waals surface area contributed by atoms with E-state index in [9.17, 15) is 4.79 Å². The normalized spacial score (nSPS) is 10.1. The Hall–Kier alpha value is -0.650. The average Bonchev–Trinajstić information content (AvgIpc) is 2.69. The van der Waals surface area contributed by atoms with Gasteiger partial charge in [-0.2, -0.15) is 4.57 Å². The third kappa shape index (κ3) is 3.67. The molecular formula is C12H13BrClNO2S. The first-order chi connectivity index (χ1) is 8.20. The number of fused-ring (bicyclic) bond motifs is 1. The Morgan fingerprint density at radius 2 is 2.28 bits per heavy atom. The monoisotopic (exact) mass is 349 g/mol. The Morgan fingerprint density at radius 1 is 1.50 bits per heavy atom. The number of halogens is 2. The van der Waals surface area contributed by atoms with Crippen LogP contribution in [0.15, 0.2) is 23.7 Å². The summed E-state index contributed by atoms with van der Waals surface area (Å²) in [5.41, 5.74) is 2.92. The predicted molar refractivity (Wildman–Crippen MR) is 68.3 cm³/mol. The Balaban J connectivity index is 0.00000162. The summed E-state index contributed by atoms with van der Waals surface area (Å²) in [5.74, 6) is -0.202. The van der Waals surface area contributed by atoms with Gasteiger partial charge in [0.15, 0.2) is 0 Å². The van der Waals surface area contributed by atoms with Crippen LogP contribution in [0.25, 0.3) is 10.2 Å². The van der Waals surface area contributed by atoms with Crippen LogP contribution in [-0.4, -0.2) is 12.6 Å². The van der Waals surface area contributed by atoms with Crippen LogP contribution in [-0.2, 0) is 16.1 Å². The molecule has 0 N–H and O–H groups in total. The van der Waals surface area contributed by atoms with Crippen molar-refractivity contribution in [2.75, 3.05) is 6.61 Å². The van der Waals surface area contributed by atoms with Crippen LogP contribution in [0, 0.1) is 0 Å². The van der Waals surface area contributed by atoms with Crippen molar-refractivity contribution >= 4 is 39.1 Å². The molecule has 0 bridgehead atoms. The molecule has 0 aliphatic rings. The number of ether oxygens (including phenoxy) is 1. The van der Waals surface area contributed by atoms with Gasteiger partial charge in [0.1, 0.15) is 4.70 Å². The van der Waals surface area contributed by atoms with Gasteiger partial charge >= 0.3 is 5.97 Å². The van der Waals surface area contributed by atoms with Gasteiger partial charge in [-0.1, -0.05) is 29.9 Å². The maximum absolute atomic E-state index is 11.5. The minimum Gasteiger partial charge on any atom is -1.00 e. The van der Waals surface area contributed by atoms with Crippen molar-refractivity contribution in [1.29, 1.82) is 0 Å². The number of benzene rings is 1. The lowest BCUT2D eigenvalue weighted by atomic mass is 10.3. The summed E-state index contributed by atoms with van der Waals surface area (Å²) in [4.78, 5) is 11.5. The van der Waals surface area contributed by atoms with Crippen LogP contribution in [0.2, 0.25) is 5.02 Å². The van der Waals surface area contributed by atoms with Crippen LogP contribution in [0.1, 0.15) is 13.3 Å². The maximum Gasteiger partial charge on any atom is 0.372 e. The average molecular weight is 351 g/mol. The lowest BCUT2D eigenvalue weighted by molar-refractivity contribution is -0.655. The van der Waals surface area contributed by atoms with E-state index in [1.54, 1.807) is 11.3 Å². The molecule has 18 heavy (non-hydrogen) atoms. The minimum absolute atomic E-state index is 0. The number of thiazole rings is 1. The molecule has 0 saturated carbocycles. The van der Waals surface area contributed by atoms with Crippen molar-refractivity contribution in [3.63, 3.8) is 0 Å².